The summed E-state index contributed by atoms with van der Waals surface area (Å²) in [5.74, 6) is 0.678. The molecule has 0 unspecified atom stereocenters. The van der Waals surface area contributed by atoms with E-state index in [1.54, 1.807) is 0 Å². The van der Waals surface area contributed by atoms with Gasteiger partial charge >= 0.3 is 0 Å². The Kier molecular flexibility index (Phi) is 5.84. The molecule has 0 saturated heterocycles. The molecule has 48 heavy (non-hydrogen) atoms. The Labute approximate surface area is 276 Å². The number of aromatic nitrogens is 3. The van der Waals surface area contributed by atoms with Crippen LogP contribution >= 0.6 is 0 Å². The third-order valence-corrected chi connectivity index (χ3v) is 9.39. The summed E-state index contributed by atoms with van der Waals surface area (Å²) in [6, 6.07) is 57.2. The standard InChI is InChI=1S/C44H27N3O/c1-3-12-28(13-4-1)29-14-11-15-31(26-29)44-45-37-24-23-35-34-19-8-10-21-40(34)48-43(35)41(37)42(46-44)30-22-25-39-36(27-30)33-18-7-9-20-38(33)47(39)32-16-5-2-6-17-32/h1-27H. The van der Waals surface area contributed by atoms with E-state index in [4.69, 9.17) is 14.4 Å². The number of nitrogens with zero attached hydrogens (tertiary/aromatic N) is 3. The van der Waals surface area contributed by atoms with Crippen molar-refractivity contribution in [2.75, 3.05) is 0 Å². The fourth-order valence-corrected chi connectivity index (χ4v) is 7.18. The Balaban J connectivity index is 1.27. The van der Waals surface area contributed by atoms with E-state index >= 15 is 0 Å². The van der Waals surface area contributed by atoms with Gasteiger partial charge in [0.2, 0.25) is 0 Å². The smallest absolute Gasteiger partial charge is 0.160 e. The predicted molar refractivity (Wildman–Crippen MR) is 197 cm³/mol. The summed E-state index contributed by atoms with van der Waals surface area (Å²) in [5.41, 5.74) is 11.1. The lowest BCUT2D eigenvalue weighted by atomic mass is 10.00. The molecule has 0 N–H and O–H groups in total. The molecule has 3 heterocycles. The summed E-state index contributed by atoms with van der Waals surface area (Å²) in [7, 11) is 0. The Bertz CT molecular complexity index is 2830. The van der Waals surface area contributed by atoms with Gasteiger partial charge in [0.1, 0.15) is 11.2 Å². The lowest BCUT2D eigenvalue weighted by molar-refractivity contribution is 0.672. The molecule has 4 nitrogen and oxygen atoms in total. The first kappa shape index (κ1) is 26.7. The lowest BCUT2D eigenvalue weighted by Crippen LogP contribution is -1.96. The molecule has 0 aliphatic rings. The summed E-state index contributed by atoms with van der Waals surface area (Å²) in [5, 5.41) is 5.42. The second-order valence-electron chi connectivity index (χ2n) is 12.2. The minimum atomic E-state index is 0.678. The van der Waals surface area contributed by atoms with E-state index in [9.17, 15) is 0 Å². The maximum atomic E-state index is 6.59. The Morgan fingerprint density at radius 1 is 0.438 bits per heavy atom. The van der Waals surface area contributed by atoms with Gasteiger partial charge < -0.3 is 8.98 Å². The third-order valence-electron chi connectivity index (χ3n) is 9.39. The maximum Gasteiger partial charge on any atom is 0.160 e. The fourth-order valence-electron chi connectivity index (χ4n) is 7.18. The average Bonchev–Trinajstić information content (AvgIpc) is 3.71. The van der Waals surface area contributed by atoms with Gasteiger partial charge in [0.15, 0.2) is 5.82 Å². The van der Waals surface area contributed by atoms with Gasteiger partial charge in [-0.15, -0.1) is 0 Å². The molecule has 0 fully saturated rings. The van der Waals surface area contributed by atoms with Gasteiger partial charge in [-0.05, 0) is 65.7 Å². The lowest BCUT2D eigenvalue weighted by Gasteiger charge is -2.12. The van der Waals surface area contributed by atoms with Crippen LogP contribution in [0.15, 0.2) is 168 Å². The highest BCUT2D eigenvalue weighted by molar-refractivity contribution is 6.18. The highest BCUT2D eigenvalue weighted by atomic mass is 16.3. The van der Waals surface area contributed by atoms with E-state index in [1.165, 1.54) is 16.3 Å². The van der Waals surface area contributed by atoms with E-state index in [2.05, 4.69) is 150 Å². The molecule has 0 atom stereocenters. The van der Waals surface area contributed by atoms with Crippen LogP contribution in [0.1, 0.15) is 0 Å². The van der Waals surface area contributed by atoms with E-state index in [-0.39, 0.29) is 0 Å². The van der Waals surface area contributed by atoms with Crippen molar-refractivity contribution >= 4 is 54.6 Å². The molecule has 7 aromatic carbocycles. The van der Waals surface area contributed by atoms with Crippen LogP contribution in [0.5, 0.6) is 0 Å². The van der Waals surface area contributed by atoms with Crippen LogP contribution in [0, 0.1) is 0 Å². The van der Waals surface area contributed by atoms with Crippen LogP contribution in [-0.4, -0.2) is 14.5 Å². The first-order chi connectivity index (χ1) is 23.8. The quantitative estimate of drug-likeness (QED) is 0.198. The third kappa shape index (κ3) is 4.10. The number of rotatable bonds is 4. The van der Waals surface area contributed by atoms with Crippen molar-refractivity contribution in [2.45, 2.75) is 0 Å². The molecular formula is C44H27N3O. The van der Waals surface area contributed by atoms with Crippen molar-refractivity contribution in [3.05, 3.63) is 164 Å². The summed E-state index contributed by atoms with van der Waals surface area (Å²) >= 11 is 0. The molecule has 0 amide bonds. The normalized spacial score (nSPS) is 11.8. The van der Waals surface area contributed by atoms with Crippen molar-refractivity contribution in [1.29, 1.82) is 0 Å². The summed E-state index contributed by atoms with van der Waals surface area (Å²) in [6.45, 7) is 0. The molecule has 224 valence electrons. The minimum absolute atomic E-state index is 0.678. The van der Waals surface area contributed by atoms with E-state index in [0.29, 0.717) is 5.82 Å². The summed E-state index contributed by atoms with van der Waals surface area (Å²) in [6.07, 6.45) is 0. The van der Waals surface area contributed by atoms with E-state index in [1.807, 2.05) is 18.2 Å². The van der Waals surface area contributed by atoms with E-state index in [0.717, 1.165) is 72.0 Å². The SMILES string of the molecule is c1ccc(-c2cccc(-c3nc(-c4ccc5c(c4)c4ccccc4n5-c4ccccc4)c4c(ccc5c6ccccc6oc54)n3)c2)cc1. The number of hydrogen-bond acceptors (Lipinski definition) is 3. The van der Waals surface area contributed by atoms with Gasteiger partial charge in [-0.2, -0.15) is 0 Å². The van der Waals surface area contributed by atoms with Gasteiger partial charge in [0.05, 0.1) is 27.6 Å². The van der Waals surface area contributed by atoms with Gasteiger partial charge in [0.25, 0.3) is 0 Å². The zero-order valence-electron chi connectivity index (χ0n) is 25.8. The van der Waals surface area contributed by atoms with Crippen LogP contribution in [0.4, 0.5) is 0 Å². The van der Waals surface area contributed by atoms with Crippen LogP contribution < -0.4 is 0 Å². The first-order valence-corrected chi connectivity index (χ1v) is 16.2. The van der Waals surface area contributed by atoms with Gasteiger partial charge in [0, 0.05) is 38.4 Å². The molecule has 4 heteroatoms. The Morgan fingerprint density at radius 3 is 2.02 bits per heavy atom. The first-order valence-electron chi connectivity index (χ1n) is 16.2. The second kappa shape index (κ2) is 10.5. The molecule has 10 rings (SSSR count). The van der Waals surface area contributed by atoms with Crippen LogP contribution in [-0.2, 0) is 0 Å². The monoisotopic (exact) mass is 613 g/mol. The van der Waals surface area contributed by atoms with Crippen molar-refractivity contribution in [1.82, 2.24) is 14.5 Å². The maximum absolute atomic E-state index is 6.59. The molecule has 10 aromatic rings. The molecule has 0 bridgehead atoms. The van der Waals surface area contributed by atoms with Gasteiger partial charge in [-0.1, -0.05) is 109 Å². The number of para-hydroxylation sites is 3. The summed E-state index contributed by atoms with van der Waals surface area (Å²) < 4.78 is 8.92. The number of benzene rings is 7. The number of furan rings is 1. The fraction of sp³-hybridized carbons (Fsp3) is 0. The van der Waals surface area contributed by atoms with Crippen LogP contribution in [0.25, 0.3) is 94.1 Å². The molecule has 0 radical (unpaired) electrons. The Morgan fingerprint density at radius 2 is 1.15 bits per heavy atom. The van der Waals surface area contributed by atoms with Crippen molar-refractivity contribution in [3.8, 4) is 39.5 Å². The highest BCUT2D eigenvalue weighted by Crippen LogP contribution is 2.41. The van der Waals surface area contributed by atoms with Gasteiger partial charge in [-0.3, -0.25) is 0 Å². The molecular weight excluding hydrogens is 587 g/mol. The largest absolute Gasteiger partial charge is 0.455 e. The van der Waals surface area contributed by atoms with Crippen molar-refractivity contribution < 1.29 is 4.42 Å². The van der Waals surface area contributed by atoms with Crippen LogP contribution in [0.3, 0.4) is 0 Å². The highest BCUT2D eigenvalue weighted by Gasteiger charge is 2.20. The van der Waals surface area contributed by atoms with E-state index < -0.39 is 0 Å². The average molecular weight is 614 g/mol. The number of fused-ring (bicyclic) bond motifs is 8. The zero-order valence-corrected chi connectivity index (χ0v) is 25.8. The van der Waals surface area contributed by atoms with Crippen molar-refractivity contribution in [2.24, 2.45) is 0 Å². The molecule has 0 spiro atoms. The summed E-state index contributed by atoms with van der Waals surface area (Å²) in [4.78, 5) is 10.5. The molecule has 0 aliphatic carbocycles. The molecule has 0 saturated carbocycles. The molecule has 3 aromatic heterocycles. The van der Waals surface area contributed by atoms with Gasteiger partial charge in [-0.25, -0.2) is 9.97 Å². The Hall–Kier alpha value is -6.52. The number of hydrogen-bond donors (Lipinski definition) is 0. The molecule has 0 aliphatic heterocycles. The van der Waals surface area contributed by atoms with Crippen LogP contribution in [0.2, 0.25) is 0 Å². The predicted octanol–water partition coefficient (Wildman–Crippen LogP) is 11.6. The minimum Gasteiger partial charge on any atom is -0.455 e. The topological polar surface area (TPSA) is 43.9 Å². The zero-order chi connectivity index (χ0) is 31.6. The van der Waals surface area contributed by atoms with Crippen molar-refractivity contribution in [3.63, 3.8) is 0 Å². The second-order valence-corrected chi connectivity index (χ2v) is 12.2.